The Balaban J connectivity index is 1.42. The Morgan fingerprint density at radius 3 is 2.38 bits per heavy atom. The summed E-state index contributed by atoms with van der Waals surface area (Å²) in [5.74, 6) is 1.54. The Bertz CT molecular complexity index is 1150. The highest BCUT2D eigenvalue weighted by Gasteiger charge is 2.52. The summed E-state index contributed by atoms with van der Waals surface area (Å²) in [4.78, 5) is 31.5. The first-order valence-corrected chi connectivity index (χ1v) is 12.1. The second kappa shape index (κ2) is 9.14. The molecular weight excluding hydrogens is 424 g/mol. The summed E-state index contributed by atoms with van der Waals surface area (Å²) in [6.07, 6.45) is 6.23. The standard InChI is InChI=1S/C27H32N6O/c1-4-12-32-15-27(16-32)17-33(18-27)25-23(22(10-11-28-25)20-8-6-5-7-9-20)31-26(34)21-13-29-24(19(2)3)30-14-21/h5-11,13-14,19H,4,12,15-18H2,1-3H3,(H,31,34). The van der Waals surface area contributed by atoms with Crippen LogP contribution in [0, 0.1) is 5.41 Å². The molecule has 1 amide bonds. The van der Waals surface area contributed by atoms with E-state index in [1.54, 1.807) is 12.4 Å². The van der Waals surface area contributed by atoms with Crippen molar-refractivity contribution in [2.24, 2.45) is 5.41 Å². The molecule has 0 aliphatic carbocycles. The van der Waals surface area contributed by atoms with Crippen LogP contribution in [0.2, 0.25) is 0 Å². The first kappa shape index (κ1) is 22.5. The molecule has 1 aromatic carbocycles. The number of hydrogen-bond acceptors (Lipinski definition) is 6. The summed E-state index contributed by atoms with van der Waals surface area (Å²) in [5, 5.41) is 3.15. The Hall–Kier alpha value is -3.32. The lowest BCUT2D eigenvalue weighted by atomic mass is 9.72. The highest BCUT2D eigenvalue weighted by molar-refractivity contribution is 6.08. The molecule has 1 N–H and O–H groups in total. The van der Waals surface area contributed by atoms with Crippen molar-refractivity contribution >= 4 is 17.4 Å². The van der Waals surface area contributed by atoms with Gasteiger partial charge in [-0.2, -0.15) is 0 Å². The van der Waals surface area contributed by atoms with Crippen molar-refractivity contribution in [1.82, 2.24) is 19.9 Å². The van der Waals surface area contributed by atoms with Crippen LogP contribution >= 0.6 is 0 Å². The molecule has 2 fully saturated rings. The number of hydrogen-bond donors (Lipinski definition) is 1. The topological polar surface area (TPSA) is 74.2 Å². The number of amides is 1. The first-order valence-electron chi connectivity index (χ1n) is 12.1. The summed E-state index contributed by atoms with van der Waals surface area (Å²) < 4.78 is 0. The fraction of sp³-hybridized carbons (Fsp3) is 0.407. The molecule has 34 heavy (non-hydrogen) atoms. The number of benzene rings is 1. The van der Waals surface area contributed by atoms with Gasteiger partial charge in [0.05, 0.1) is 11.3 Å². The molecule has 0 bridgehead atoms. The van der Waals surface area contributed by atoms with Gasteiger partial charge in [0, 0.05) is 61.7 Å². The average Bonchev–Trinajstić information content (AvgIpc) is 2.80. The van der Waals surface area contributed by atoms with Crippen LogP contribution < -0.4 is 10.2 Å². The van der Waals surface area contributed by atoms with E-state index in [0.29, 0.717) is 11.0 Å². The smallest absolute Gasteiger partial charge is 0.258 e. The zero-order valence-corrected chi connectivity index (χ0v) is 20.2. The van der Waals surface area contributed by atoms with Gasteiger partial charge in [0.2, 0.25) is 0 Å². The van der Waals surface area contributed by atoms with Gasteiger partial charge in [-0.1, -0.05) is 51.1 Å². The monoisotopic (exact) mass is 456 g/mol. The minimum absolute atomic E-state index is 0.213. The molecule has 7 nitrogen and oxygen atoms in total. The number of nitrogens with one attached hydrogen (secondary N) is 1. The van der Waals surface area contributed by atoms with Crippen LogP contribution in [-0.2, 0) is 0 Å². The van der Waals surface area contributed by atoms with Gasteiger partial charge in [-0.05, 0) is 24.6 Å². The van der Waals surface area contributed by atoms with E-state index in [0.717, 1.165) is 54.6 Å². The number of anilines is 2. The minimum atomic E-state index is -0.227. The number of nitrogens with zero attached hydrogens (tertiary/aromatic N) is 5. The fourth-order valence-electron chi connectivity index (χ4n) is 5.10. The third-order valence-corrected chi connectivity index (χ3v) is 6.71. The van der Waals surface area contributed by atoms with E-state index in [4.69, 9.17) is 4.98 Å². The largest absolute Gasteiger partial charge is 0.353 e. The normalized spacial score (nSPS) is 16.9. The molecule has 0 radical (unpaired) electrons. The summed E-state index contributed by atoms with van der Waals surface area (Å²) in [6, 6.07) is 12.1. The number of rotatable bonds is 7. The lowest BCUT2D eigenvalue weighted by Crippen LogP contribution is -2.72. The maximum Gasteiger partial charge on any atom is 0.258 e. The molecule has 4 heterocycles. The molecule has 2 saturated heterocycles. The van der Waals surface area contributed by atoms with Crippen molar-refractivity contribution in [1.29, 1.82) is 0 Å². The lowest BCUT2D eigenvalue weighted by molar-refractivity contribution is -0.0215. The van der Waals surface area contributed by atoms with E-state index in [2.05, 4.69) is 44.1 Å². The second-order valence-electron chi connectivity index (χ2n) is 9.93. The summed E-state index contributed by atoms with van der Waals surface area (Å²) >= 11 is 0. The van der Waals surface area contributed by atoms with Crippen molar-refractivity contribution in [3.8, 4) is 11.1 Å². The van der Waals surface area contributed by atoms with Gasteiger partial charge in [-0.3, -0.25) is 4.79 Å². The van der Waals surface area contributed by atoms with Gasteiger partial charge in [0.1, 0.15) is 5.82 Å². The van der Waals surface area contributed by atoms with E-state index >= 15 is 0 Å². The molecule has 3 aromatic rings. The molecule has 0 saturated carbocycles. The Labute approximate surface area is 201 Å². The predicted octanol–water partition coefficient (Wildman–Crippen LogP) is 4.45. The van der Waals surface area contributed by atoms with Crippen molar-refractivity contribution in [3.63, 3.8) is 0 Å². The quantitative estimate of drug-likeness (QED) is 0.566. The van der Waals surface area contributed by atoms with Crippen molar-refractivity contribution in [3.05, 3.63) is 66.4 Å². The van der Waals surface area contributed by atoms with Crippen molar-refractivity contribution in [2.45, 2.75) is 33.1 Å². The zero-order chi connectivity index (χ0) is 23.7. The second-order valence-corrected chi connectivity index (χ2v) is 9.93. The molecule has 5 rings (SSSR count). The van der Waals surface area contributed by atoms with Crippen molar-refractivity contribution in [2.75, 3.05) is 42.9 Å². The fourth-order valence-corrected chi connectivity index (χ4v) is 5.10. The van der Waals surface area contributed by atoms with Crippen LogP contribution in [0.3, 0.4) is 0 Å². The van der Waals surface area contributed by atoms with Gasteiger partial charge in [-0.25, -0.2) is 15.0 Å². The predicted molar refractivity (Wildman–Crippen MR) is 135 cm³/mol. The minimum Gasteiger partial charge on any atom is -0.353 e. The molecule has 0 atom stereocenters. The number of likely N-dealkylation sites (tertiary alicyclic amines) is 1. The van der Waals surface area contributed by atoms with Gasteiger partial charge in [-0.15, -0.1) is 0 Å². The Kier molecular flexibility index (Phi) is 6.04. The summed E-state index contributed by atoms with van der Waals surface area (Å²) in [7, 11) is 0. The maximum absolute atomic E-state index is 13.2. The SMILES string of the molecule is CCCN1CC2(C1)CN(c1nccc(-c3ccccc3)c1NC(=O)c1cnc(C(C)C)nc1)C2. The van der Waals surface area contributed by atoms with Crippen LogP contribution in [0.4, 0.5) is 11.5 Å². The molecule has 7 heteroatoms. The summed E-state index contributed by atoms with van der Waals surface area (Å²) in [6.45, 7) is 11.7. The van der Waals surface area contributed by atoms with E-state index in [-0.39, 0.29) is 11.8 Å². The molecule has 2 aromatic heterocycles. The van der Waals surface area contributed by atoms with Crippen LogP contribution in [0.1, 0.15) is 49.3 Å². The number of aromatic nitrogens is 3. The van der Waals surface area contributed by atoms with E-state index < -0.39 is 0 Å². The maximum atomic E-state index is 13.2. The molecule has 176 valence electrons. The Morgan fingerprint density at radius 1 is 1.03 bits per heavy atom. The number of carbonyl (C=O) groups excluding carboxylic acids is 1. The van der Waals surface area contributed by atoms with Crippen LogP contribution in [0.25, 0.3) is 11.1 Å². The van der Waals surface area contributed by atoms with Gasteiger partial charge in [0.25, 0.3) is 5.91 Å². The van der Waals surface area contributed by atoms with Gasteiger partial charge < -0.3 is 15.1 Å². The van der Waals surface area contributed by atoms with E-state index in [9.17, 15) is 4.79 Å². The molecule has 2 aliphatic heterocycles. The zero-order valence-electron chi connectivity index (χ0n) is 20.2. The average molecular weight is 457 g/mol. The summed E-state index contributed by atoms with van der Waals surface area (Å²) in [5.41, 5.74) is 3.54. The molecule has 1 spiro atoms. The third kappa shape index (κ3) is 4.28. The molecule has 0 unspecified atom stereocenters. The lowest BCUT2D eigenvalue weighted by Gasteiger charge is -2.61. The van der Waals surface area contributed by atoms with Gasteiger partial charge in [0.15, 0.2) is 5.82 Å². The highest BCUT2D eigenvalue weighted by atomic mass is 16.1. The van der Waals surface area contributed by atoms with Crippen LogP contribution in [0.15, 0.2) is 55.0 Å². The number of pyridine rings is 1. The molecule has 2 aliphatic rings. The van der Waals surface area contributed by atoms with Gasteiger partial charge >= 0.3 is 0 Å². The Morgan fingerprint density at radius 2 is 1.74 bits per heavy atom. The van der Waals surface area contributed by atoms with Crippen LogP contribution in [-0.4, -0.2) is 58.5 Å². The van der Waals surface area contributed by atoms with Crippen LogP contribution in [0.5, 0.6) is 0 Å². The van der Waals surface area contributed by atoms with Crippen molar-refractivity contribution < 1.29 is 4.79 Å². The van der Waals surface area contributed by atoms with E-state index in [1.165, 1.54) is 13.0 Å². The first-order chi connectivity index (χ1) is 16.5. The van der Waals surface area contributed by atoms with E-state index in [1.807, 2.05) is 44.3 Å². The molecular formula is C27H32N6O. The number of carbonyl (C=O) groups is 1. The highest BCUT2D eigenvalue weighted by Crippen LogP contribution is 2.45. The third-order valence-electron chi connectivity index (χ3n) is 6.71.